The van der Waals surface area contributed by atoms with Crippen molar-refractivity contribution in [3.05, 3.63) is 41.0 Å². The average molecular weight is 300 g/mol. The van der Waals surface area contributed by atoms with E-state index in [9.17, 15) is 9.90 Å². The third-order valence-electron chi connectivity index (χ3n) is 5.23. The van der Waals surface area contributed by atoms with Crippen LogP contribution >= 0.6 is 0 Å². The van der Waals surface area contributed by atoms with Gasteiger partial charge in [-0.2, -0.15) is 0 Å². The van der Waals surface area contributed by atoms with Crippen molar-refractivity contribution < 1.29 is 9.90 Å². The Kier molecular flexibility index (Phi) is 5.10. The summed E-state index contributed by atoms with van der Waals surface area (Å²) in [5, 5.41) is 10.0. The van der Waals surface area contributed by atoms with E-state index < -0.39 is 0 Å². The molecule has 2 nitrogen and oxygen atoms in total. The summed E-state index contributed by atoms with van der Waals surface area (Å²) in [6.45, 7) is 12.0. The second-order valence-electron chi connectivity index (χ2n) is 7.07. The van der Waals surface area contributed by atoms with E-state index in [0.717, 1.165) is 18.4 Å². The first-order chi connectivity index (χ1) is 10.3. The lowest BCUT2D eigenvalue weighted by Gasteiger charge is -2.34. The maximum atomic E-state index is 11.8. The van der Waals surface area contributed by atoms with E-state index in [1.165, 1.54) is 17.5 Å². The lowest BCUT2D eigenvalue weighted by Crippen LogP contribution is -2.19. The van der Waals surface area contributed by atoms with Gasteiger partial charge in [0.15, 0.2) is 5.78 Å². The number of carbonyl (C=O) groups is 1. The van der Waals surface area contributed by atoms with Crippen LogP contribution in [0.2, 0.25) is 0 Å². The number of benzene rings is 1. The van der Waals surface area contributed by atoms with Gasteiger partial charge >= 0.3 is 0 Å². The van der Waals surface area contributed by atoms with Crippen LogP contribution in [-0.4, -0.2) is 10.9 Å². The maximum Gasteiger partial charge on any atom is 0.157 e. The van der Waals surface area contributed by atoms with Crippen molar-refractivity contribution in [2.45, 2.75) is 65.2 Å². The lowest BCUT2D eigenvalue weighted by molar-refractivity contribution is -0.115. The normalized spacial score (nSPS) is 22.0. The molecule has 0 saturated carbocycles. The molecule has 1 aliphatic rings. The minimum atomic E-state index is 0.179. The standard InChI is InChI=1S/C20H28O2/c1-12(2)19(21)9-7-13(3)16-8-6-14(4)17-11-20(22)15(5)10-18(16)17/h10-11,13-14,16,22H,1,6-9H2,2-5H3/t13-,14-,16+/m0/s1. The minimum absolute atomic E-state index is 0.179. The zero-order chi connectivity index (χ0) is 16.4. The van der Waals surface area contributed by atoms with Crippen LogP contribution in [0.1, 0.15) is 75.0 Å². The minimum Gasteiger partial charge on any atom is -0.508 e. The van der Waals surface area contributed by atoms with Gasteiger partial charge in [0.2, 0.25) is 0 Å². The molecule has 1 aromatic rings. The number of hydrogen-bond donors (Lipinski definition) is 1. The molecule has 0 saturated heterocycles. The number of rotatable bonds is 5. The van der Waals surface area contributed by atoms with Crippen LogP contribution in [0.3, 0.4) is 0 Å². The third kappa shape index (κ3) is 3.43. The number of Topliss-reactive ketones (excluding diaryl/α,β-unsaturated/α-hetero) is 1. The molecule has 0 spiro atoms. The van der Waals surface area contributed by atoms with Crippen LogP contribution in [-0.2, 0) is 4.79 Å². The van der Waals surface area contributed by atoms with Crippen molar-refractivity contribution in [2.24, 2.45) is 5.92 Å². The Hall–Kier alpha value is -1.57. The van der Waals surface area contributed by atoms with E-state index in [1.807, 2.05) is 13.0 Å². The Balaban J connectivity index is 2.20. The maximum absolute atomic E-state index is 11.8. The average Bonchev–Trinajstić information content (AvgIpc) is 2.46. The zero-order valence-electron chi connectivity index (χ0n) is 14.3. The van der Waals surface area contributed by atoms with E-state index in [4.69, 9.17) is 0 Å². The number of aryl methyl sites for hydroxylation is 1. The van der Waals surface area contributed by atoms with E-state index in [1.54, 1.807) is 6.92 Å². The van der Waals surface area contributed by atoms with Gasteiger partial charge in [-0.1, -0.05) is 26.5 Å². The van der Waals surface area contributed by atoms with Crippen LogP contribution in [0.4, 0.5) is 0 Å². The predicted molar refractivity (Wildman–Crippen MR) is 91.5 cm³/mol. The molecule has 0 fully saturated rings. The molecule has 0 aliphatic heterocycles. The van der Waals surface area contributed by atoms with Crippen LogP contribution in [0.25, 0.3) is 0 Å². The molecule has 0 bridgehead atoms. The Morgan fingerprint density at radius 2 is 2.05 bits per heavy atom. The highest BCUT2D eigenvalue weighted by Gasteiger charge is 2.29. The predicted octanol–water partition coefficient (Wildman–Crippen LogP) is 5.24. The summed E-state index contributed by atoms with van der Waals surface area (Å²) >= 11 is 0. The van der Waals surface area contributed by atoms with Gasteiger partial charge in [-0.3, -0.25) is 4.79 Å². The van der Waals surface area contributed by atoms with Crippen molar-refractivity contribution in [3.63, 3.8) is 0 Å². The molecule has 2 heteroatoms. The fourth-order valence-corrected chi connectivity index (χ4v) is 3.59. The second-order valence-corrected chi connectivity index (χ2v) is 7.07. The summed E-state index contributed by atoms with van der Waals surface area (Å²) in [5.74, 6) is 2.04. The van der Waals surface area contributed by atoms with Crippen molar-refractivity contribution in [1.29, 1.82) is 0 Å². The van der Waals surface area contributed by atoms with Gasteiger partial charge in [-0.05, 0) is 79.2 Å². The van der Waals surface area contributed by atoms with E-state index >= 15 is 0 Å². The molecular weight excluding hydrogens is 272 g/mol. The number of fused-ring (bicyclic) bond motifs is 1. The number of allylic oxidation sites excluding steroid dienone is 1. The SMILES string of the molecule is C=C(C)C(=O)CC[C@H](C)[C@H]1CC[C@H](C)c2cc(O)c(C)cc21. The first-order valence-corrected chi connectivity index (χ1v) is 8.33. The van der Waals surface area contributed by atoms with E-state index in [0.29, 0.717) is 35.5 Å². The molecule has 3 atom stereocenters. The van der Waals surface area contributed by atoms with Gasteiger partial charge in [-0.15, -0.1) is 0 Å². The van der Waals surface area contributed by atoms with Gasteiger partial charge in [0.05, 0.1) is 0 Å². The number of ketones is 1. The first kappa shape index (κ1) is 16.8. The lowest BCUT2D eigenvalue weighted by atomic mass is 9.71. The topological polar surface area (TPSA) is 37.3 Å². The molecule has 2 rings (SSSR count). The Morgan fingerprint density at radius 1 is 1.36 bits per heavy atom. The van der Waals surface area contributed by atoms with E-state index in [2.05, 4.69) is 26.5 Å². The van der Waals surface area contributed by atoms with Crippen molar-refractivity contribution >= 4 is 5.78 Å². The number of aromatic hydroxyl groups is 1. The molecule has 0 radical (unpaired) electrons. The fourth-order valence-electron chi connectivity index (χ4n) is 3.59. The smallest absolute Gasteiger partial charge is 0.157 e. The quantitative estimate of drug-likeness (QED) is 0.755. The molecule has 1 aromatic carbocycles. The number of hydrogen-bond acceptors (Lipinski definition) is 2. The Labute approximate surface area is 134 Å². The Morgan fingerprint density at radius 3 is 2.68 bits per heavy atom. The molecule has 1 aliphatic carbocycles. The van der Waals surface area contributed by atoms with Crippen LogP contribution < -0.4 is 0 Å². The summed E-state index contributed by atoms with van der Waals surface area (Å²) in [6.07, 6.45) is 3.82. The third-order valence-corrected chi connectivity index (χ3v) is 5.23. The monoisotopic (exact) mass is 300 g/mol. The highest BCUT2D eigenvalue weighted by molar-refractivity contribution is 5.94. The van der Waals surface area contributed by atoms with Crippen LogP contribution in [0, 0.1) is 12.8 Å². The second kappa shape index (κ2) is 6.68. The number of phenols is 1. The molecule has 0 unspecified atom stereocenters. The molecule has 22 heavy (non-hydrogen) atoms. The summed E-state index contributed by atoms with van der Waals surface area (Å²) in [7, 11) is 0. The Bertz CT molecular complexity index is 586. The van der Waals surface area contributed by atoms with Gasteiger partial charge in [0.1, 0.15) is 5.75 Å². The van der Waals surface area contributed by atoms with Crippen molar-refractivity contribution in [2.75, 3.05) is 0 Å². The van der Waals surface area contributed by atoms with Crippen molar-refractivity contribution in [1.82, 2.24) is 0 Å². The molecule has 120 valence electrons. The first-order valence-electron chi connectivity index (χ1n) is 8.33. The van der Waals surface area contributed by atoms with Gasteiger partial charge in [0.25, 0.3) is 0 Å². The summed E-state index contributed by atoms with van der Waals surface area (Å²) in [5.41, 5.74) is 4.27. The molecule has 0 amide bonds. The summed E-state index contributed by atoms with van der Waals surface area (Å²) in [6, 6.07) is 4.11. The fraction of sp³-hybridized carbons (Fsp3) is 0.550. The zero-order valence-corrected chi connectivity index (χ0v) is 14.3. The molecule has 0 aromatic heterocycles. The van der Waals surface area contributed by atoms with Gasteiger partial charge < -0.3 is 5.11 Å². The summed E-state index contributed by atoms with van der Waals surface area (Å²) < 4.78 is 0. The molecule has 1 N–H and O–H groups in total. The summed E-state index contributed by atoms with van der Waals surface area (Å²) in [4.78, 5) is 11.8. The molecule has 0 heterocycles. The number of carbonyl (C=O) groups excluding carboxylic acids is 1. The molecular formula is C20H28O2. The van der Waals surface area contributed by atoms with Crippen LogP contribution in [0.5, 0.6) is 5.75 Å². The highest BCUT2D eigenvalue weighted by Crippen LogP contribution is 2.45. The van der Waals surface area contributed by atoms with Gasteiger partial charge in [0, 0.05) is 6.42 Å². The highest BCUT2D eigenvalue weighted by atomic mass is 16.3. The van der Waals surface area contributed by atoms with Crippen molar-refractivity contribution in [3.8, 4) is 5.75 Å². The largest absolute Gasteiger partial charge is 0.508 e. The number of phenolic OH excluding ortho intramolecular Hbond substituents is 1. The van der Waals surface area contributed by atoms with E-state index in [-0.39, 0.29) is 5.78 Å². The van der Waals surface area contributed by atoms with Crippen LogP contribution in [0.15, 0.2) is 24.3 Å². The van der Waals surface area contributed by atoms with Gasteiger partial charge in [-0.25, -0.2) is 0 Å².